The van der Waals surface area contributed by atoms with Crippen molar-refractivity contribution in [2.75, 3.05) is 0 Å². The molecule has 2 aliphatic carbocycles. The molecule has 2 aliphatic heterocycles. The molecule has 0 aromatic carbocycles. The standard InChI is InChI=1S/C20H30S2/c1-12(2)13-5-6-14(11-13)20(3,4)17-18-15(7-9-21-18)16-8-10-22-19(16)17/h7-10,12-19H,5-6,11H2,1-4H3/t13-,14?,15+,16?,17?,18?,19?/m1/s1. The topological polar surface area (TPSA) is 0 Å². The minimum atomic E-state index is 0.490. The summed E-state index contributed by atoms with van der Waals surface area (Å²) in [5.74, 6) is 5.28. The van der Waals surface area contributed by atoms with Gasteiger partial charge in [-0.2, -0.15) is 0 Å². The van der Waals surface area contributed by atoms with Crippen LogP contribution in [0, 0.1) is 40.9 Å². The summed E-state index contributed by atoms with van der Waals surface area (Å²) in [6.07, 6.45) is 9.45. The molecule has 0 amide bonds. The molecule has 7 atom stereocenters. The summed E-state index contributed by atoms with van der Waals surface area (Å²) in [4.78, 5) is 0. The van der Waals surface area contributed by atoms with E-state index in [4.69, 9.17) is 0 Å². The van der Waals surface area contributed by atoms with Crippen LogP contribution in [-0.4, -0.2) is 10.5 Å². The van der Waals surface area contributed by atoms with Crippen LogP contribution in [0.15, 0.2) is 23.0 Å². The van der Waals surface area contributed by atoms with Gasteiger partial charge in [-0.05, 0) is 71.0 Å². The first kappa shape index (κ1) is 15.7. The lowest BCUT2D eigenvalue weighted by Crippen LogP contribution is -2.40. The van der Waals surface area contributed by atoms with Crippen LogP contribution in [0.1, 0.15) is 47.0 Å². The van der Waals surface area contributed by atoms with Crippen LogP contribution in [0.3, 0.4) is 0 Å². The van der Waals surface area contributed by atoms with Crippen molar-refractivity contribution in [3.05, 3.63) is 23.0 Å². The van der Waals surface area contributed by atoms with Gasteiger partial charge in [-0.3, -0.25) is 0 Å². The molecular weight excluding hydrogens is 304 g/mol. The largest absolute Gasteiger partial charge is 0.130 e. The number of hydrogen-bond donors (Lipinski definition) is 0. The lowest BCUT2D eigenvalue weighted by atomic mass is 9.66. The second-order valence-electron chi connectivity index (χ2n) is 8.87. The van der Waals surface area contributed by atoms with E-state index in [9.17, 15) is 0 Å². The van der Waals surface area contributed by atoms with Gasteiger partial charge < -0.3 is 0 Å². The summed E-state index contributed by atoms with van der Waals surface area (Å²) in [6.45, 7) is 10.1. The van der Waals surface area contributed by atoms with E-state index in [-0.39, 0.29) is 0 Å². The molecule has 0 aromatic heterocycles. The smallest absolute Gasteiger partial charge is 0.0202 e. The number of fused-ring (bicyclic) bond motifs is 3. The van der Waals surface area contributed by atoms with Crippen molar-refractivity contribution in [3.63, 3.8) is 0 Å². The quantitative estimate of drug-likeness (QED) is 0.602. The Bertz CT molecular complexity index is 464. The highest BCUT2D eigenvalue weighted by molar-refractivity contribution is 8.04. The first-order chi connectivity index (χ1) is 10.5. The summed E-state index contributed by atoms with van der Waals surface area (Å²) >= 11 is 4.29. The minimum absolute atomic E-state index is 0.490. The Hall–Kier alpha value is 0.180. The van der Waals surface area contributed by atoms with Crippen LogP contribution in [0.4, 0.5) is 0 Å². The highest BCUT2D eigenvalue weighted by Gasteiger charge is 2.58. The molecule has 0 bridgehead atoms. The molecular formula is C20H30S2. The molecule has 0 N–H and O–H groups in total. The SMILES string of the molecule is CC(C)[C@@H]1CCC(C(C)(C)C2C3SC=CC3[C@@H]3C=CSC23)C1. The van der Waals surface area contributed by atoms with Crippen LogP contribution in [0.25, 0.3) is 0 Å². The summed E-state index contributed by atoms with van der Waals surface area (Å²) in [7, 11) is 0. The molecule has 0 aromatic rings. The van der Waals surface area contributed by atoms with Gasteiger partial charge in [0.25, 0.3) is 0 Å². The lowest BCUT2D eigenvalue weighted by Gasteiger charge is -2.43. The number of hydrogen-bond acceptors (Lipinski definition) is 2. The zero-order valence-electron chi connectivity index (χ0n) is 14.4. The first-order valence-corrected chi connectivity index (χ1v) is 11.0. The van der Waals surface area contributed by atoms with Crippen molar-refractivity contribution >= 4 is 23.5 Å². The van der Waals surface area contributed by atoms with Crippen molar-refractivity contribution in [2.24, 2.45) is 40.9 Å². The Balaban J connectivity index is 1.58. The highest BCUT2D eigenvalue weighted by atomic mass is 32.2. The summed E-state index contributed by atoms with van der Waals surface area (Å²) < 4.78 is 0. The Kier molecular flexibility index (Phi) is 4.01. The van der Waals surface area contributed by atoms with Gasteiger partial charge in [-0.25, -0.2) is 0 Å². The number of allylic oxidation sites excluding steroid dienone is 2. The van der Waals surface area contributed by atoms with Gasteiger partial charge in [0.2, 0.25) is 0 Å². The zero-order chi connectivity index (χ0) is 15.5. The Morgan fingerprint density at radius 2 is 1.55 bits per heavy atom. The fraction of sp³-hybridized carbons (Fsp3) is 0.800. The van der Waals surface area contributed by atoms with E-state index in [1.807, 2.05) is 0 Å². The van der Waals surface area contributed by atoms with Gasteiger partial charge in [-0.1, -0.05) is 39.8 Å². The maximum Gasteiger partial charge on any atom is 0.0202 e. The van der Waals surface area contributed by atoms with E-state index < -0.39 is 0 Å². The van der Waals surface area contributed by atoms with Gasteiger partial charge in [0, 0.05) is 10.5 Å². The third-order valence-corrected chi connectivity index (χ3v) is 9.78. The molecule has 0 saturated heterocycles. The van der Waals surface area contributed by atoms with E-state index in [1.165, 1.54) is 19.3 Å². The maximum atomic E-state index is 2.61. The Morgan fingerprint density at radius 3 is 2.05 bits per heavy atom. The van der Waals surface area contributed by atoms with Gasteiger partial charge in [0.1, 0.15) is 0 Å². The molecule has 4 aliphatic rings. The molecule has 122 valence electrons. The van der Waals surface area contributed by atoms with E-state index in [0.29, 0.717) is 5.41 Å². The van der Waals surface area contributed by atoms with Crippen LogP contribution in [0.5, 0.6) is 0 Å². The van der Waals surface area contributed by atoms with Crippen LogP contribution in [0.2, 0.25) is 0 Å². The molecule has 2 heteroatoms. The Morgan fingerprint density at radius 1 is 0.955 bits per heavy atom. The summed E-state index contributed by atoms with van der Waals surface area (Å²) in [6, 6.07) is 0. The molecule has 5 unspecified atom stereocenters. The van der Waals surface area contributed by atoms with Gasteiger partial charge in [0.05, 0.1) is 0 Å². The molecule has 2 heterocycles. The fourth-order valence-electron chi connectivity index (χ4n) is 5.80. The van der Waals surface area contributed by atoms with E-state index in [2.05, 4.69) is 74.2 Å². The van der Waals surface area contributed by atoms with Crippen molar-refractivity contribution < 1.29 is 0 Å². The third-order valence-electron chi connectivity index (χ3n) is 7.31. The monoisotopic (exact) mass is 334 g/mol. The van der Waals surface area contributed by atoms with Gasteiger partial charge in [-0.15, -0.1) is 23.5 Å². The lowest BCUT2D eigenvalue weighted by molar-refractivity contribution is 0.119. The van der Waals surface area contributed by atoms with Crippen molar-refractivity contribution in [1.29, 1.82) is 0 Å². The van der Waals surface area contributed by atoms with Crippen molar-refractivity contribution in [3.8, 4) is 0 Å². The van der Waals surface area contributed by atoms with E-state index in [1.54, 1.807) is 0 Å². The molecule has 0 radical (unpaired) electrons. The molecule has 22 heavy (non-hydrogen) atoms. The minimum Gasteiger partial charge on any atom is -0.130 e. The average Bonchev–Trinajstić information content (AvgIpc) is 3.20. The fourth-order valence-corrected chi connectivity index (χ4v) is 9.09. The molecule has 2 saturated carbocycles. The zero-order valence-corrected chi connectivity index (χ0v) is 16.0. The maximum absolute atomic E-state index is 2.61. The second kappa shape index (κ2) is 5.62. The third kappa shape index (κ3) is 2.27. The number of thioether (sulfide) groups is 2. The van der Waals surface area contributed by atoms with E-state index >= 15 is 0 Å². The van der Waals surface area contributed by atoms with Gasteiger partial charge in [0.15, 0.2) is 0 Å². The molecule has 4 rings (SSSR count). The number of rotatable bonds is 3. The molecule has 0 nitrogen and oxygen atoms in total. The summed E-state index contributed by atoms with van der Waals surface area (Å²) in [5.41, 5.74) is 0.490. The van der Waals surface area contributed by atoms with Crippen molar-refractivity contribution in [1.82, 2.24) is 0 Å². The predicted molar refractivity (Wildman–Crippen MR) is 101 cm³/mol. The van der Waals surface area contributed by atoms with Crippen LogP contribution in [-0.2, 0) is 0 Å². The molecule has 2 fully saturated rings. The predicted octanol–water partition coefficient (Wildman–Crippen LogP) is 6.21. The molecule has 0 spiro atoms. The van der Waals surface area contributed by atoms with Crippen LogP contribution < -0.4 is 0 Å². The normalized spacial score (nSPS) is 46.7. The highest BCUT2D eigenvalue weighted by Crippen LogP contribution is 2.63. The Labute approximate surface area is 145 Å². The van der Waals surface area contributed by atoms with E-state index in [0.717, 1.165) is 46.0 Å². The second-order valence-corrected chi connectivity index (χ2v) is 11.1. The van der Waals surface area contributed by atoms with Crippen LogP contribution >= 0.6 is 23.5 Å². The first-order valence-electron chi connectivity index (χ1n) is 9.14. The van der Waals surface area contributed by atoms with Crippen molar-refractivity contribution in [2.45, 2.75) is 57.5 Å². The van der Waals surface area contributed by atoms with Gasteiger partial charge >= 0.3 is 0 Å². The summed E-state index contributed by atoms with van der Waals surface area (Å²) in [5, 5.41) is 6.50. The average molecular weight is 335 g/mol.